The lowest BCUT2D eigenvalue weighted by Crippen LogP contribution is -2.10. The van der Waals surface area contributed by atoms with Crippen LogP contribution >= 0.6 is 0 Å². The topological polar surface area (TPSA) is 113 Å². The van der Waals surface area contributed by atoms with Gasteiger partial charge in [0, 0.05) is 52.9 Å². The molecule has 4 heterocycles. The quantitative estimate of drug-likeness (QED) is 0.161. The Morgan fingerprint density at radius 3 is 1.91 bits per heavy atom. The highest BCUT2D eigenvalue weighted by Gasteiger charge is 2.16. The van der Waals surface area contributed by atoms with E-state index in [-0.39, 0.29) is 5.92 Å². The minimum absolute atomic E-state index is 0.121. The van der Waals surface area contributed by atoms with Crippen LogP contribution in [0.25, 0.3) is 22.5 Å². The van der Waals surface area contributed by atoms with Crippen LogP contribution in [-0.2, 0) is 0 Å². The monoisotopic (exact) mass is 702 g/mol. The Balaban J connectivity index is 1.13. The molecule has 2 aromatic heterocycles. The first-order valence-corrected chi connectivity index (χ1v) is 17.7. The molecule has 264 valence electrons. The van der Waals surface area contributed by atoms with Crippen LogP contribution in [0, 0.1) is 0 Å². The number of nitrogens with one attached hydrogen (secondary N) is 2. The van der Waals surface area contributed by atoms with Crippen molar-refractivity contribution in [1.82, 2.24) is 19.9 Å². The van der Waals surface area contributed by atoms with E-state index in [0.717, 1.165) is 68.9 Å². The highest BCUT2D eigenvalue weighted by Crippen LogP contribution is 2.32. The van der Waals surface area contributed by atoms with Gasteiger partial charge in [0.25, 0.3) is 0 Å². The minimum atomic E-state index is -0.121. The maximum absolute atomic E-state index is 6.49. The second-order valence-corrected chi connectivity index (χ2v) is 12.6. The number of aromatic nitrogens is 4. The summed E-state index contributed by atoms with van der Waals surface area (Å²) in [7, 11) is 0. The predicted molar refractivity (Wildman–Crippen MR) is 207 cm³/mol. The van der Waals surface area contributed by atoms with Gasteiger partial charge in [-0.3, -0.25) is 0 Å². The Kier molecular flexibility index (Phi) is 10.2. The fraction of sp³-hybridized carbons (Fsp3) is 0.163. The molecule has 2 aliphatic heterocycles. The van der Waals surface area contributed by atoms with Gasteiger partial charge < -0.3 is 29.6 Å². The van der Waals surface area contributed by atoms with Gasteiger partial charge in [-0.15, -0.1) is 0 Å². The molecule has 0 radical (unpaired) electrons. The van der Waals surface area contributed by atoms with Crippen LogP contribution in [0.4, 0.5) is 23.3 Å². The van der Waals surface area contributed by atoms with E-state index in [1.807, 2.05) is 97.1 Å². The fourth-order valence-electron chi connectivity index (χ4n) is 6.09. The van der Waals surface area contributed by atoms with Crippen LogP contribution in [0.5, 0.6) is 23.0 Å². The number of hydrogen-bond acceptors (Lipinski definition) is 10. The first-order valence-electron chi connectivity index (χ1n) is 17.7. The van der Waals surface area contributed by atoms with Gasteiger partial charge in [0.2, 0.25) is 11.9 Å². The fourth-order valence-corrected chi connectivity index (χ4v) is 6.09. The van der Waals surface area contributed by atoms with Crippen molar-refractivity contribution in [1.29, 1.82) is 0 Å². The molecule has 0 aliphatic carbocycles. The summed E-state index contributed by atoms with van der Waals surface area (Å²) in [4.78, 5) is 18.6. The van der Waals surface area contributed by atoms with E-state index in [2.05, 4.69) is 51.0 Å². The molecule has 4 aromatic carbocycles. The molecule has 0 spiro atoms. The van der Waals surface area contributed by atoms with E-state index >= 15 is 0 Å². The number of hydrogen-bond donors (Lipinski definition) is 2. The zero-order valence-corrected chi connectivity index (χ0v) is 29.0. The summed E-state index contributed by atoms with van der Waals surface area (Å²) < 4.78 is 24.9. The summed E-state index contributed by atoms with van der Waals surface area (Å²) >= 11 is 0. The molecule has 6 aromatic rings. The summed E-state index contributed by atoms with van der Waals surface area (Å²) in [6.07, 6.45) is 13.4. The van der Waals surface area contributed by atoms with Crippen molar-refractivity contribution < 1.29 is 18.9 Å². The Labute approximate surface area is 308 Å². The van der Waals surface area contributed by atoms with Gasteiger partial charge in [0.05, 0.1) is 31.2 Å². The maximum atomic E-state index is 6.49. The lowest BCUT2D eigenvalue weighted by molar-refractivity contribution is 0.303. The average Bonchev–Trinajstić information content (AvgIpc) is 3.18. The molecular formula is C43H38N6O4. The van der Waals surface area contributed by atoms with Crippen LogP contribution < -0.4 is 29.6 Å². The minimum Gasteiger partial charge on any atom is -0.493 e. The van der Waals surface area contributed by atoms with E-state index in [0.29, 0.717) is 44.7 Å². The average molecular weight is 703 g/mol. The summed E-state index contributed by atoms with van der Waals surface area (Å²) in [5.74, 6) is 3.86. The van der Waals surface area contributed by atoms with Gasteiger partial charge in [-0.05, 0) is 85.1 Å². The molecule has 1 atom stereocenters. The molecule has 0 fully saturated rings. The number of fused-ring (bicyclic) bond motifs is 14. The summed E-state index contributed by atoms with van der Waals surface area (Å²) in [5, 5.41) is 6.66. The third kappa shape index (κ3) is 8.80. The lowest BCUT2D eigenvalue weighted by atomic mass is 9.95. The van der Waals surface area contributed by atoms with E-state index in [1.54, 1.807) is 12.4 Å². The molecule has 0 saturated carbocycles. The first kappa shape index (κ1) is 33.5. The van der Waals surface area contributed by atoms with Crippen LogP contribution in [0.2, 0.25) is 0 Å². The van der Waals surface area contributed by atoms with Gasteiger partial charge in [-0.25, -0.2) is 19.9 Å². The van der Waals surface area contributed by atoms with Gasteiger partial charge >= 0.3 is 0 Å². The van der Waals surface area contributed by atoms with Crippen molar-refractivity contribution >= 4 is 23.3 Å². The molecule has 8 rings (SSSR count). The lowest BCUT2D eigenvalue weighted by Gasteiger charge is -2.19. The summed E-state index contributed by atoms with van der Waals surface area (Å²) in [5.41, 5.74) is 6.10. The van der Waals surface area contributed by atoms with Crippen molar-refractivity contribution in [3.63, 3.8) is 0 Å². The van der Waals surface area contributed by atoms with Gasteiger partial charge in [-0.2, -0.15) is 0 Å². The maximum Gasteiger partial charge on any atom is 0.227 e. The zero-order chi connectivity index (χ0) is 35.7. The number of ether oxygens (including phenoxy) is 4. The third-order valence-electron chi connectivity index (χ3n) is 8.69. The highest BCUT2D eigenvalue weighted by atomic mass is 16.5. The Bertz CT molecular complexity index is 2260. The molecule has 1 unspecified atom stereocenters. The second-order valence-electron chi connectivity index (χ2n) is 12.6. The van der Waals surface area contributed by atoms with Crippen molar-refractivity contribution in [2.24, 2.45) is 0 Å². The number of rotatable bonds is 1. The van der Waals surface area contributed by atoms with Crippen LogP contribution in [0.1, 0.15) is 24.3 Å². The summed E-state index contributed by atoms with van der Waals surface area (Å²) in [6.45, 7) is 1.86. The van der Waals surface area contributed by atoms with E-state index in [1.165, 1.54) is 0 Å². The van der Waals surface area contributed by atoms with E-state index < -0.39 is 0 Å². The Morgan fingerprint density at radius 1 is 0.528 bits per heavy atom. The van der Waals surface area contributed by atoms with E-state index in [9.17, 15) is 0 Å². The van der Waals surface area contributed by atoms with Crippen LogP contribution in [0.3, 0.4) is 0 Å². The SMILES string of the molecule is C1=C\COc2cccc(c2)Nc2nccc(n2)-c2cc(cc(C3/C=C/CCOc4cccc(c4)-c4ccnc(n4)Nc4cccc(c4)OC3)c2)OCC/1. The van der Waals surface area contributed by atoms with Crippen molar-refractivity contribution in [3.05, 3.63) is 145 Å². The normalized spacial score (nSPS) is 16.9. The molecule has 2 N–H and O–H groups in total. The number of anilines is 4. The van der Waals surface area contributed by atoms with Gasteiger partial charge in [0.1, 0.15) is 29.6 Å². The Morgan fingerprint density at radius 2 is 1.15 bits per heavy atom. The number of nitrogens with zero attached hydrogens (tertiary/aromatic N) is 4. The molecule has 0 amide bonds. The summed E-state index contributed by atoms with van der Waals surface area (Å²) in [6, 6.07) is 33.6. The molecule has 53 heavy (non-hydrogen) atoms. The smallest absolute Gasteiger partial charge is 0.227 e. The van der Waals surface area contributed by atoms with E-state index in [4.69, 9.17) is 28.9 Å². The molecule has 10 heteroatoms. The highest BCUT2D eigenvalue weighted by molar-refractivity contribution is 5.66. The van der Waals surface area contributed by atoms with Crippen molar-refractivity contribution in [2.75, 3.05) is 37.1 Å². The molecular weight excluding hydrogens is 665 g/mol. The third-order valence-corrected chi connectivity index (χ3v) is 8.69. The number of benzene rings is 4. The molecule has 0 saturated heterocycles. The molecule has 12 bridgehead atoms. The first-order chi connectivity index (χ1) is 26.2. The predicted octanol–water partition coefficient (Wildman–Crippen LogP) is 9.31. The van der Waals surface area contributed by atoms with Gasteiger partial charge in [-0.1, -0.05) is 48.6 Å². The van der Waals surface area contributed by atoms with Crippen molar-refractivity contribution in [2.45, 2.75) is 18.8 Å². The van der Waals surface area contributed by atoms with Crippen LogP contribution in [0.15, 0.2) is 140 Å². The Hall–Kier alpha value is -6.68. The standard InChI is InChI=1S/C43H38N6O4/c1-3-20-51-37-14-7-11-34(27-37)46-43-45-19-17-41(49-43)33-23-32(25-39(26-33)52-21-4-1)31-9-2-5-22-50-36-13-6-10-30(24-36)40-16-18-44-42(48-40)47-35-12-8-15-38(28-35)53-29-31/h1-3,6-19,23-28,31H,4-5,20-22,29H2,(H,44,47,48)(H,45,46,49)/b3-1-,9-2+. The molecule has 2 aliphatic rings. The second kappa shape index (κ2) is 16.1. The van der Waals surface area contributed by atoms with Crippen LogP contribution in [-0.4, -0.2) is 46.4 Å². The van der Waals surface area contributed by atoms with Crippen molar-refractivity contribution in [3.8, 4) is 45.5 Å². The largest absolute Gasteiger partial charge is 0.493 e. The van der Waals surface area contributed by atoms with Gasteiger partial charge in [0.15, 0.2) is 0 Å². The zero-order valence-electron chi connectivity index (χ0n) is 29.0. The molecule has 10 nitrogen and oxygen atoms in total.